The number of benzene rings is 1. The molecule has 0 saturated heterocycles. The second kappa shape index (κ2) is 3.73. The fraction of sp³-hybridized carbons (Fsp3) is 0.273. The lowest BCUT2D eigenvalue weighted by Crippen LogP contribution is -2.08. The van der Waals surface area contributed by atoms with Gasteiger partial charge < -0.3 is 9.67 Å². The molecular weight excluding hydrogens is 192 g/mol. The Morgan fingerprint density at radius 3 is 2.87 bits per heavy atom. The molecule has 0 aliphatic rings. The van der Waals surface area contributed by atoms with Gasteiger partial charge in [0.1, 0.15) is 12.2 Å². The highest BCUT2D eigenvalue weighted by Crippen LogP contribution is 2.16. The Kier molecular flexibility index (Phi) is 2.41. The van der Waals surface area contributed by atoms with Crippen LogP contribution in [0.25, 0.3) is 11.0 Å². The lowest BCUT2D eigenvalue weighted by atomic mass is 10.3. The molecule has 4 nitrogen and oxygen atoms in total. The van der Waals surface area contributed by atoms with E-state index >= 15 is 0 Å². The second-order valence-electron chi connectivity index (χ2n) is 3.33. The Bertz CT molecular complexity index is 502. The van der Waals surface area contributed by atoms with Gasteiger partial charge in [0.2, 0.25) is 0 Å². The zero-order valence-corrected chi connectivity index (χ0v) is 8.47. The topological polar surface area (TPSA) is 55.1 Å². The first-order valence-corrected chi connectivity index (χ1v) is 4.88. The molecule has 0 aliphatic carbocycles. The van der Waals surface area contributed by atoms with Crippen molar-refractivity contribution in [3.8, 4) is 0 Å². The molecule has 0 radical (unpaired) electrons. The van der Waals surface area contributed by atoms with Crippen LogP contribution in [0.2, 0.25) is 0 Å². The van der Waals surface area contributed by atoms with Crippen LogP contribution in [-0.2, 0) is 17.8 Å². The molecule has 2 rings (SSSR count). The summed E-state index contributed by atoms with van der Waals surface area (Å²) in [5.74, 6) is -0.230. The van der Waals surface area contributed by atoms with E-state index in [1.54, 1.807) is 0 Å². The molecule has 1 heterocycles. The normalized spacial score (nSPS) is 10.7. The van der Waals surface area contributed by atoms with Gasteiger partial charge in [-0.25, -0.2) is 4.98 Å². The number of hydrogen-bond donors (Lipinski definition) is 1. The number of nitrogens with zero attached hydrogens (tertiary/aromatic N) is 2. The van der Waals surface area contributed by atoms with Gasteiger partial charge in [0.25, 0.3) is 0 Å². The first-order valence-electron chi connectivity index (χ1n) is 4.88. The standard InChI is InChI=1S/C11H12N2O2/c1-2-13-9-6-4-3-5-8(9)12-10(13)7-11(14)15/h3-6H,2,7H2,1H3,(H,14,15). The van der Waals surface area contributed by atoms with Gasteiger partial charge >= 0.3 is 5.97 Å². The van der Waals surface area contributed by atoms with Crippen LogP contribution in [0.3, 0.4) is 0 Å². The molecule has 0 atom stereocenters. The Morgan fingerprint density at radius 1 is 1.47 bits per heavy atom. The zero-order valence-electron chi connectivity index (χ0n) is 8.47. The van der Waals surface area contributed by atoms with Crippen molar-refractivity contribution >= 4 is 17.0 Å². The number of fused-ring (bicyclic) bond motifs is 1. The third-order valence-corrected chi connectivity index (χ3v) is 2.36. The minimum absolute atomic E-state index is 0.0253. The van der Waals surface area contributed by atoms with Gasteiger partial charge in [-0.05, 0) is 19.1 Å². The molecule has 4 heteroatoms. The molecule has 1 N–H and O–H groups in total. The molecule has 0 amide bonds. The first kappa shape index (κ1) is 9.71. The summed E-state index contributed by atoms with van der Waals surface area (Å²) < 4.78 is 1.93. The average molecular weight is 204 g/mol. The van der Waals surface area contributed by atoms with Crippen LogP contribution in [0, 0.1) is 0 Å². The maximum atomic E-state index is 10.7. The quantitative estimate of drug-likeness (QED) is 0.827. The molecule has 0 unspecified atom stereocenters. The highest BCUT2D eigenvalue weighted by atomic mass is 16.4. The summed E-state index contributed by atoms with van der Waals surface area (Å²) in [5.41, 5.74) is 1.85. The minimum Gasteiger partial charge on any atom is -0.481 e. The van der Waals surface area contributed by atoms with Crippen LogP contribution >= 0.6 is 0 Å². The predicted octanol–water partition coefficient (Wildman–Crippen LogP) is 1.68. The molecular formula is C11H12N2O2. The molecule has 0 bridgehead atoms. The van der Waals surface area contributed by atoms with E-state index in [1.165, 1.54) is 0 Å². The number of para-hydroxylation sites is 2. The number of aryl methyl sites for hydroxylation is 1. The van der Waals surface area contributed by atoms with Crippen molar-refractivity contribution in [2.45, 2.75) is 19.9 Å². The second-order valence-corrected chi connectivity index (χ2v) is 3.33. The maximum absolute atomic E-state index is 10.7. The summed E-state index contributed by atoms with van der Waals surface area (Å²) in [6.07, 6.45) is -0.0253. The van der Waals surface area contributed by atoms with Gasteiger partial charge in [-0.15, -0.1) is 0 Å². The summed E-state index contributed by atoms with van der Waals surface area (Å²) in [4.78, 5) is 15.0. The largest absolute Gasteiger partial charge is 0.481 e. The number of aromatic nitrogens is 2. The lowest BCUT2D eigenvalue weighted by molar-refractivity contribution is -0.136. The molecule has 0 saturated carbocycles. The number of aliphatic carboxylic acids is 1. The summed E-state index contributed by atoms with van der Waals surface area (Å²) in [6.45, 7) is 2.72. The SMILES string of the molecule is CCn1c(CC(=O)O)nc2ccccc21. The Hall–Kier alpha value is -1.84. The predicted molar refractivity (Wildman–Crippen MR) is 56.7 cm³/mol. The third kappa shape index (κ3) is 1.70. The van der Waals surface area contributed by atoms with Gasteiger partial charge in [0.15, 0.2) is 0 Å². The Morgan fingerprint density at radius 2 is 2.20 bits per heavy atom. The van der Waals surface area contributed by atoms with E-state index < -0.39 is 5.97 Å². The van der Waals surface area contributed by atoms with Crippen LogP contribution in [0.15, 0.2) is 24.3 Å². The fourth-order valence-corrected chi connectivity index (χ4v) is 1.75. The smallest absolute Gasteiger partial charge is 0.311 e. The minimum atomic E-state index is -0.847. The number of carbonyl (C=O) groups is 1. The van der Waals surface area contributed by atoms with Crippen molar-refractivity contribution in [1.82, 2.24) is 9.55 Å². The van der Waals surface area contributed by atoms with Crippen LogP contribution in [0.5, 0.6) is 0 Å². The summed E-state index contributed by atoms with van der Waals surface area (Å²) in [5, 5.41) is 8.76. The number of hydrogen-bond acceptors (Lipinski definition) is 2. The maximum Gasteiger partial charge on any atom is 0.311 e. The van der Waals surface area contributed by atoms with Gasteiger partial charge in [-0.2, -0.15) is 0 Å². The highest BCUT2D eigenvalue weighted by Gasteiger charge is 2.11. The van der Waals surface area contributed by atoms with Crippen molar-refractivity contribution in [3.05, 3.63) is 30.1 Å². The molecule has 1 aromatic heterocycles. The van der Waals surface area contributed by atoms with E-state index in [0.29, 0.717) is 5.82 Å². The molecule has 78 valence electrons. The molecule has 0 fully saturated rings. The van der Waals surface area contributed by atoms with E-state index in [-0.39, 0.29) is 6.42 Å². The first-order chi connectivity index (χ1) is 7.22. The van der Waals surface area contributed by atoms with Gasteiger partial charge in [-0.1, -0.05) is 12.1 Å². The molecule has 15 heavy (non-hydrogen) atoms. The van der Waals surface area contributed by atoms with Gasteiger partial charge in [0, 0.05) is 6.54 Å². The van der Waals surface area contributed by atoms with E-state index in [1.807, 2.05) is 35.8 Å². The number of carboxylic acid groups (broad SMARTS) is 1. The zero-order chi connectivity index (χ0) is 10.8. The number of rotatable bonds is 3. The van der Waals surface area contributed by atoms with E-state index in [9.17, 15) is 4.79 Å². The van der Waals surface area contributed by atoms with Crippen molar-refractivity contribution in [2.24, 2.45) is 0 Å². The van der Waals surface area contributed by atoms with Crippen LogP contribution in [0.4, 0.5) is 0 Å². The highest BCUT2D eigenvalue weighted by molar-refractivity contribution is 5.78. The van der Waals surface area contributed by atoms with E-state index in [0.717, 1.165) is 17.6 Å². The number of imidazole rings is 1. The van der Waals surface area contributed by atoms with Gasteiger partial charge in [0.05, 0.1) is 11.0 Å². The van der Waals surface area contributed by atoms with Gasteiger partial charge in [-0.3, -0.25) is 4.79 Å². The fourth-order valence-electron chi connectivity index (χ4n) is 1.75. The van der Waals surface area contributed by atoms with Crippen LogP contribution < -0.4 is 0 Å². The molecule has 0 aliphatic heterocycles. The summed E-state index contributed by atoms with van der Waals surface area (Å²) in [6, 6.07) is 7.69. The van der Waals surface area contributed by atoms with E-state index in [4.69, 9.17) is 5.11 Å². The van der Waals surface area contributed by atoms with Crippen LogP contribution in [0.1, 0.15) is 12.7 Å². The Balaban J connectivity index is 2.58. The Labute approximate surface area is 87.2 Å². The summed E-state index contributed by atoms with van der Waals surface area (Å²) >= 11 is 0. The monoisotopic (exact) mass is 204 g/mol. The van der Waals surface area contributed by atoms with Crippen LogP contribution in [-0.4, -0.2) is 20.6 Å². The van der Waals surface area contributed by atoms with Crippen molar-refractivity contribution in [1.29, 1.82) is 0 Å². The number of carboxylic acids is 1. The molecule has 0 spiro atoms. The summed E-state index contributed by atoms with van der Waals surface area (Å²) in [7, 11) is 0. The van der Waals surface area contributed by atoms with Crippen molar-refractivity contribution in [3.63, 3.8) is 0 Å². The van der Waals surface area contributed by atoms with Crippen molar-refractivity contribution < 1.29 is 9.90 Å². The molecule has 2 aromatic rings. The lowest BCUT2D eigenvalue weighted by Gasteiger charge is -2.02. The third-order valence-electron chi connectivity index (χ3n) is 2.36. The average Bonchev–Trinajstić information content (AvgIpc) is 2.53. The van der Waals surface area contributed by atoms with E-state index in [2.05, 4.69) is 4.98 Å². The molecule has 1 aromatic carbocycles. The van der Waals surface area contributed by atoms with Crippen molar-refractivity contribution in [2.75, 3.05) is 0 Å².